The highest BCUT2D eigenvalue weighted by molar-refractivity contribution is 6.75. The normalized spacial score (nSPS) is 16.7. The number of carbonyl (C=O) groups excluding carboxylic acids is 1. The van der Waals surface area contributed by atoms with E-state index in [1.165, 1.54) is 6.92 Å². The van der Waals surface area contributed by atoms with Gasteiger partial charge in [0.05, 0.1) is 0 Å². The monoisotopic (exact) mass is 114 g/mol. The van der Waals surface area contributed by atoms with Crippen LogP contribution in [0.1, 0.15) is 6.92 Å². The summed E-state index contributed by atoms with van der Waals surface area (Å²) in [7, 11) is -1.08. The van der Waals surface area contributed by atoms with Gasteiger partial charge < -0.3 is 4.43 Å². The van der Waals surface area contributed by atoms with Crippen LogP contribution in [0.4, 0.5) is 0 Å². The Morgan fingerprint density at radius 3 is 2.43 bits per heavy atom. The molecular formula is C4H6O2Si. The fourth-order valence-corrected chi connectivity index (χ4v) is 1.22. The summed E-state index contributed by atoms with van der Waals surface area (Å²) in [5.74, 6) is -0.151. The molecule has 0 aromatic carbocycles. The van der Waals surface area contributed by atoms with Crippen molar-refractivity contribution in [2.45, 2.75) is 6.92 Å². The van der Waals surface area contributed by atoms with Gasteiger partial charge in [-0.1, -0.05) is 11.4 Å². The molecule has 0 saturated carbocycles. The van der Waals surface area contributed by atoms with E-state index in [1.54, 1.807) is 0 Å². The second kappa shape index (κ2) is 1.50. The zero-order chi connectivity index (χ0) is 5.28. The van der Waals surface area contributed by atoms with Gasteiger partial charge in [-0.25, -0.2) is 0 Å². The zero-order valence-corrected chi connectivity index (χ0v) is 5.20. The maximum absolute atomic E-state index is 10.1. The fraction of sp³-hybridized carbons (Fsp3) is 0.250. The molecule has 0 unspecified atom stereocenters. The molecule has 0 bridgehead atoms. The van der Waals surface area contributed by atoms with Crippen LogP contribution in [0, 0.1) is 0 Å². The van der Waals surface area contributed by atoms with Crippen LogP contribution in [0.3, 0.4) is 0 Å². The van der Waals surface area contributed by atoms with Gasteiger partial charge in [-0.2, -0.15) is 0 Å². The average molecular weight is 114 g/mol. The molecule has 0 aromatic rings. The van der Waals surface area contributed by atoms with Gasteiger partial charge >= 0.3 is 0 Å². The zero-order valence-electron chi connectivity index (χ0n) is 4.05. The van der Waals surface area contributed by atoms with Crippen molar-refractivity contribution in [3.8, 4) is 0 Å². The van der Waals surface area contributed by atoms with E-state index in [9.17, 15) is 4.79 Å². The Labute approximate surface area is 43.5 Å². The summed E-state index contributed by atoms with van der Waals surface area (Å²) in [6, 6.07) is 0. The Hall–Kier alpha value is -0.573. The lowest BCUT2D eigenvalue weighted by atomic mass is 10.9. The quantitative estimate of drug-likeness (QED) is 0.446. The Kier molecular flexibility index (Phi) is 0.980. The van der Waals surface area contributed by atoms with Crippen molar-refractivity contribution < 1.29 is 9.22 Å². The third-order valence-corrected chi connectivity index (χ3v) is 1.95. The molecule has 0 aromatic heterocycles. The van der Waals surface area contributed by atoms with Crippen molar-refractivity contribution in [1.29, 1.82) is 0 Å². The maximum atomic E-state index is 10.1. The molecule has 2 nitrogen and oxygen atoms in total. The molecule has 3 heteroatoms. The summed E-state index contributed by atoms with van der Waals surface area (Å²) >= 11 is 0. The van der Waals surface area contributed by atoms with E-state index >= 15 is 0 Å². The third-order valence-electron chi connectivity index (χ3n) is 0.652. The lowest BCUT2D eigenvalue weighted by Crippen LogP contribution is -2.05. The van der Waals surface area contributed by atoms with Gasteiger partial charge in [-0.3, -0.25) is 4.79 Å². The molecule has 38 valence electrons. The van der Waals surface area contributed by atoms with Crippen LogP contribution in [0.15, 0.2) is 11.4 Å². The van der Waals surface area contributed by atoms with Gasteiger partial charge in [0.25, 0.3) is 15.0 Å². The molecule has 1 heterocycles. The van der Waals surface area contributed by atoms with E-state index in [1.807, 2.05) is 11.4 Å². The molecule has 0 saturated heterocycles. The number of rotatable bonds is 1. The Morgan fingerprint density at radius 2 is 2.29 bits per heavy atom. The Balaban J connectivity index is 2.10. The van der Waals surface area contributed by atoms with Gasteiger partial charge in [0, 0.05) is 6.92 Å². The van der Waals surface area contributed by atoms with Crippen molar-refractivity contribution in [1.82, 2.24) is 0 Å². The highest BCUT2D eigenvalue weighted by Crippen LogP contribution is 2.03. The molecule has 7 heavy (non-hydrogen) atoms. The number of carbonyl (C=O) groups is 1. The summed E-state index contributed by atoms with van der Waals surface area (Å²) in [6.45, 7) is 1.44. The first kappa shape index (κ1) is 4.58. The maximum Gasteiger partial charge on any atom is 0.289 e. The summed E-state index contributed by atoms with van der Waals surface area (Å²) < 4.78 is 4.75. The molecule has 0 fully saturated rings. The van der Waals surface area contributed by atoms with Crippen molar-refractivity contribution in [2.24, 2.45) is 0 Å². The molecule has 0 aliphatic carbocycles. The Bertz CT molecular complexity index is 113. The summed E-state index contributed by atoms with van der Waals surface area (Å²) in [5.41, 5.74) is 3.92. The molecule has 1 rings (SSSR count). The van der Waals surface area contributed by atoms with Gasteiger partial charge in [0.1, 0.15) is 0 Å². The van der Waals surface area contributed by atoms with Gasteiger partial charge in [0.15, 0.2) is 0 Å². The number of hydrogen-bond acceptors (Lipinski definition) is 2. The van der Waals surface area contributed by atoms with Crippen LogP contribution in [0.5, 0.6) is 0 Å². The van der Waals surface area contributed by atoms with Crippen LogP contribution < -0.4 is 0 Å². The smallest absolute Gasteiger partial charge is 0.289 e. The third kappa shape index (κ3) is 1.54. The second-order valence-corrected chi connectivity index (χ2v) is 3.39. The molecule has 1 aliphatic rings. The van der Waals surface area contributed by atoms with Crippen LogP contribution in [0.2, 0.25) is 0 Å². The lowest BCUT2D eigenvalue weighted by Gasteiger charge is -1.92. The molecule has 0 atom stereocenters. The van der Waals surface area contributed by atoms with Crippen molar-refractivity contribution in [3.63, 3.8) is 0 Å². The second-order valence-electron chi connectivity index (χ2n) is 1.46. The van der Waals surface area contributed by atoms with E-state index in [4.69, 9.17) is 4.43 Å². The average Bonchev–Trinajstić information content (AvgIpc) is 2.17. The van der Waals surface area contributed by atoms with Crippen LogP contribution in [-0.4, -0.2) is 15.0 Å². The highest BCUT2D eigenvalue weighted by atomic mass is 28.3. The Morgan fingerprint density at radius 1 is 1.71 bits per heavy atom. The summed E-state index contributed by atoms with van der Waals surface area (Å²) in [6.07, 6.45) is 0. The van der Waals surface area contributed by atoms with Crippen LogP contribution in [-0.2, 0) is 9.22 Å². The fourth-order valence-electron chi connectivity index (χ4n) is 0.316. The predicted molar refractivity (Wildman–Crippen MR) is 28.1 cm³/mol. The van der Waals surface area contributed by atoms with E-state index < -0.39 is 9.04 Å². The van der Waals surface area contributed by atoms with Crippen molar-refractivity contribution in [2.75, 3.05) is 0 Å². The number of hydrogen-bond donors (Lipinski definition) is 0. The van der Waals surface area contributed by atoms with Crippen molar-refractivity contribution in [3.05, 3.63) is 11.4 Å². The minimum atomic E-state index is -1.08. The first-order valence-electron chi connectivity index (χ1n) is 2.14. The predicted octanol–water partition coefficient (Wildman–Crippen LogP) is -0.0785. The molecule has 0 radical (unpaired) electrons. The van der Waals surface area contributed by atoms with Crippen LogP contribution in [0.25, 0.3) is 0 Å². The van der Waals surface area contributed by atoms with E-state index in [2.05, 4.69) is 0 Å². The first-order chi connectivity index (χ1) is 3.29. The van der Waals surface area contributed by atoms with E-state index in [0.29, 0.717) is 0 Å². The lowest BCUT2D eigenvalue weighted by molar-refractivity contribution is -0.131. The largest absolute Gasteiger partial charge is 0.514 e. The van der Waals surface area contributed by atoms with Gasteiger partial charge in [0.2, 0.25) is 0 Å². The standard InChI is InChI=1S/C4H6O2Si/c1-4(5)6-7-2-3-7/h2-3,7H,1H3. The SMILES string of the molecule is CC(=O)O[SiH]1C=C1. The summed E-state index contributed by atoms with van der Waals surface area (Å²) in [4.78, 5) is 10.1. The highest BCUT2D eigenvalue weighted by Gasteiger charge is 2.16. The molecular weight excluding hydrogens is 108 g/mol. The van der Waals surface area contributed by atoms with E-state index in [0.717, 1.165) is 0 Å². The molecule has 0 amide bonds. The summed E-state index contributed by atoms with van der Waals surface area (Å²) in [5, 5.41) is 0. The molecule has 1 aliphatic heterocycles. The molecule has 0 spiro atoms. The van der Waals surface area contributed by atoms with Crippen LogP contribution >= 0.6 is 0 Å². The topological polar surface area (TPSA) is 26.3 Å². The minimum Gasteiger partial charge on any atom is -0.514 e. The van der Waals surface area contributed by atoms with Gasteiger partial charge in [-0.15, -0.1) is 0 Å². The van der Waals surface area contributed by atoms with Gasteiger partial charge in [-0.05, 0) is 0 Å². The van der Waals surface area contributed by atoms with E-state index in [-0.39, 0.29) is 5.97 Å². The van der Waals surface area contributed by atoms with Crippen molar-refractivity contribution >= 4 is 15.0 Å². The molecule has 0 N–H and O–H groups in total. The first-order valence-corrected chi connectivity index (χ1v) is 3.95. The minimum absolute atomic E-state index is 0.151.